The van der Waals surface area contributed by atoms with E-state index in [1.165, 1.54) is 0 Å². The summed E-state index contributed by atoms with van der Waals surface area (Å²) >= 11 is 6.70. The average Bonchev–Trinajstić information content (AvgIpc) is 3.19. The third-order valence-electron chi connectivity index (χ3n) is 7.27. The van der Waals surface area contributed by atoms with E-state index in [1.54, 1.807) is 17.1 Å². The van der Waals surface area contributed by atoms with Crippen LogP contribution in [0.4, 0.5) is 11.6 Å². The van der Waals surface area contributed by atoms with E-state index in [1.807, 2.05) is 26.8 Å². The molecule has 4 heterocycles. The lowest BCUT2D eigenvalue weighted by Crippen LogP contribution is -2.56. The van der Waals surface area contributed by atoms with Gasteiger partial charge in [-0.2, -0.15) is 10.4 Å². The van der Waals surface area contributed by atoms with Crippen molar-refractivity contribution in [2.45, 2.75) is 64.1 Å². The van der Waals surface area contributed by atoms with Gasteiger partial charge in [0.1, 0.15) is 5.54 Å². The van der Waals surface area contributed by atoms with E-state index in [9.17, 15) is 5.26 Å². The number of hydrogen-bond acceptors (Lipinski definition) is 7. The zero-order chi connectivity index (χ0) is 24.0. The van der Waals surface area contributed by atoms with Crippen molar-refractivity contribution in [1.29, 1.82) is 5.26 Å². The molecule has 3 aromatic rings. The van der Waals surface area contributed by atoms with Gasteiger partial charge in [0.15, 0.2) is 0 Å². The quantitative estimate of drug-likeness (QED) is 0.564. The lowest BCUT2D eigenvalue weighted by atomic mass is 9.87. The van der Waals surface area contributed by atoms with Gasteiger partial charge in [0.25, 0.3) is 0 Å². The number of fused-ring (bicyclic) bond motifs is 1. The smallest absolute Gasteiger partial charge is 0.227 e. The van der Waals surface area contributed by atoms with E-state index >= 15 is 0 Å². The Morgan fingerprint density at radius 3 is 2.65 bits per heavy atom. The number of halogens is 1. The van der Waals surface area contributed by atoms with Crippen LogP contribution in [0.3, 0.4) is 0 Å². The lowest BCUT2D eigenvalue weighted by Gasteiger charge is -2.45. The number of benzene rings is 1. The van der Waals surface area contributed by atoms with Crippen LogP contribution in [0.15, 0.2) is 24.5 Å². The van der Waals surface area contributed by atoms with Gasteiger partial charge in [-0.3, -0.25) is 4.90 Å². The number of likely N-dealkylation sites (tertiary alicyclic amines) is 1. The van der Waals surface area contributed by atoms with Crippen LogP contribution in [0.1, 0.15) is 50.8 Å². The number of rotatable bonds is 5. The number of aromatic nitrogens is 4. The predicted octanol–water partition coefficient (Wildman–Crippen LogP) is 4.76. The number of ether oxygens (including phenoxy) is 1. The minimum absolute atomic E-state index is 0.338. The van der Waals surface area contributed by atoms with Crippen LogP contribution < -0.4 is 5.32 Å². The van der Waals surface area contributed by atoms with Crippen molar-refractivity contribution in [3.63, 3.8) is 0 Å². The molecule has 0 bridgehead atoms. The Labute approximate surface area is 204 Å². The number of piperidine rings is 1. The highest BCUT2D eigenvalue weighted by atomic mass is 35.5. The highest BCUT2D eigenvalue weighted by molar-refractivity contribution is 6.32. The first-order valence-electron chi connectivity index (χ1n) is 11.8. The first-order chi connectivity index (χ1) is 16.3. The van der Waals surface area contributed by atoms with Crippen molar-refractivity contribution in [2.75, 3.05) is 25.0 Å². The number of nitrogens with zero attached hydrogens (tertiary/aromatic N) is 6. The second-order valence-corrected chi connectivity index (χ2v) is 10.3. The van der Waals surface area contributed by atoms with E-state index in [4.69, 9.17) is 21.3 Å². The average molecular weight is 480 g/mol. The summed E-state index contributed by atoms with van der Waals surface area (Å²) in [6.45, 7) is 10.7. The Morgan fingerprint density at radius 1 is 1.24 bits per heavy atom. The van der Waals surface area contributed by atoms with Gasteiger partial charge in [0.2, 0.25) is 5.95 Å². The normalized spacial score (nSPS) is 21.9. The van der Waals surface area contributed by atoms with Crippen LogP contribution in [-0.4, -0.2) is 56.5 Å². The van der Waals surface area contributed by atoms with E-state index in [0.29, 0.717) is 24.0 Å². The summed E-state index contributed by atoms with van der Waals surface area (Å²) in [5, 5.41) is 18.8. The van der Waals surface area contributed by atoms with Crippen LogP contribution in [-0.2, 0) is 10.3 Å². The second-order valence-electron chi connectivity index (χ2n) is 9.89. The van der Waals surface area contributed by atoms with E-state index < -0.39 is 5.54 Å². The Kier molecular flexibility index (Phi) is 5.96. The van der Waals surface area contributed by atoms with Gasteiger partial charge in [-0.25, -0.2) is 14.6 Å². The summed E-state index contributed by atoms with van der Waals surface area (Å²) in [5.74, 6) is 0.913. The van der Waals surface area contributed by atoms with Crippen molar-refractivity contribution >= 4 is 34.1 Å². The molecular weight excluding hydrogens is 450 g/mol. The fourth-order valence-corrected chi connectivity index (χ4v) is 5.35. The molecule has 0 unspecified atom stereocenters. The first kappa shape index (κ1) is 23.0. The maximum Gasteiger partial charge on any atom is 0.227 e. The molecule has 2 aromatic heterocycles. The molecule has 2 saturated heterocycles. The van der Waals surface area contributed by atoms with E-state index in [0.717, 1.165) is 65.4 Å². The third kappa shape index (κ3) is 4.13. The number of nitrogens with one attached hydrogen (secondary N) is 1. The number of anilines is 2. The molecule has 8 nitrogen and oxygen atoms in total. The maximum atomic E-state index is 9.44. The van der Waals surface area contributed by atoms with Gasteiger partial charge in [0.05, 0.1) is 47.9 Å². The molecule has 0 aliphatic carbocycles. The van der Waals surface area contributed by atoms with E-state index in [-0.39, 0.29) is 0 Å². The Hall–Kier alpha value is -2.73. The Bertz CT molecular complexity index is 1260. The summed E-state index contributed by atoms with van der Waals surface area (Å²) in [4.78, 5) is 11.8. The number of hydrogen-bond donors (Lipinski definition) is 1. The largest absolute Gasteiger partial charge is 0.375 e. The van der Waals surface area contributed by atoms with Crippen molar-refractivity contribution in [1.82, 2.24) is 24.6 Å². The van der Waals surface area contributed by atoms with Crippen LogP contribution in [0.5, 0.6) is 0 Å². The summed E-state index contributed by atoms with van der Waals surface area (Å²) in [7, 11) is 0. The monoisotopic (exact) mass is 479 g/mol. The minimum Gasteiger partial charge on any atom is -0.375 e. The fourth-order valence-electron chi connectivity index (χ4n) is 5.02. The predicted molar refractivity (Wildman–Crippen MR) is 132 cm³/mol. The molecule has 34 heavy (non-hydrogen) atoms. The molecular formula is C25H30ClN7O. The van der Waals surface area contributed by atoms with Crippen LogP contribution in [0, 0.1) is 18.3 Å². The molecule has 9 heteroatoms. The van der Waals surface area contributed by atoms with Gasteiger partial charge < -0.3 is 10.1 Å². The van der Waals surface area contributed by atoms with E-state index in [2.05, 4.69) is 39.4 Å². The zero-order valence-corrected chi connectivity index (χ0v) is 20.8. The molecule has 2 aliphatic rings. The van der Waals surface area contributed by atoms with Crippen molar-refractivity contribution in [3.05, 3.63) is 40.8 Å². The van der Waals surface area contributed by atoms with Crippen LogP contribution in [0.25, 0.3) is 10.9 Å². The molecule has 1 N–H and O–H groups in total. The molecule has 0 amide bonds. The van der Waals surface area contributed by atoms with Gasteiger partial charge >= 0.3 is 0 Å². The standard InChI is InChI=1S/C25H30ClN7O/c1-15-22(12-29-33(15)25(3,4)14-27)31-24-28-11-18-9-20(26)19(10-21(18)30-24)17-5-7-32(8-6-17)23-13-34-16(23)2/h9-12,16-17,23H,5-8,13H2,1-4H3,(H,28,30,31)/t16-,23+/m0/s1. The minimum atomic E-state index is -0.737. The highest BCUT2D eigenvalue weighted by Crippen LogP contribution is 2.37. The fraction of sp³-hybridized carbons (Fsp3) is 0.520. The SMILES string of the molecule is Cc1c(Nc2ncc3cc(Cl)c(C4CCN([C@@H]5CO[C@H]5C)CC4)cc3n2)cnn1C(C)(C)C#N. The maximum absolute atomic E-state index is 9.44. The summed E-state index contributed by atoms with van der Waals surface area (Å²) in [5.41, 5.74) is 2.92. The molecule has 1 aromatic carbocycles. The van der Waals surface area contributed by atoms with Gasteiger partial charge in [0, 0.05) is 16.6 Å². The molecule has 0 spiro atoms. The van der Waals surface area contributed by atoms with Gasteiger partial charge in [-0.15, -0.1) is 0 Å². The highest BCUT2D eigenvalue weighted by Gasteiger charge is 2.36. The Balaban J connectivity index is 1.36. The second kappa shape index (κ2) is 8.81. The summed E-state index contributed by atoms with van der Waals surface area (Å²) in [6.07, 6.45) is 6.00. The summed E-state index contributed by atoms with van der Waals surface area (Å²) < 4.78 is 7.26. The molecule has 2 atom stereocenters. The van der Waals surface area contributed by atoms with Crippen molar-refractivity contribution in [3.8, 4) is 6.07 Å². The zero-order valence-electron chi connectivity index (χ0n) is 20.0. The molecule has 5 rings (SSSR count). The third-order valence-corrected chi connectivity index (χ3v) is 7.60. The molecule has 0 saturated carbocycles. The molecule has 2 fully saturated rings. The molecule has 2 aliphatic heterocycles. The Morgan fingerprint density at radius 2 is 2.00 bits per heavy atom. The van der Waals surface area contributed by atoms with Crippen molar-refractivity contribution in [2.24, 2.45) is 0 Å². The summed E-state index contributed by atoms with van der Waals surface area (Å²) in [6, 6.07) is 6.93. The lowest BCUT2D eigenvalue weighted by molar-refractivity contribution is -0.129. The molecule has 178 valence electrons. The van der Waals surface area contributed by atoms with Gasteiger partial charge in [-0.05, 0) is 77.2 Å². The molecule has 0 radical (unpaired) electrons. The number of nitriles is 1. The van der Waals surface area contributed by atoms with Gasteiger partial charge in [-0.1, -0.05) is 11.6 Å². The topological polar surface area (TPSA) is 91.9 Å². The first-order valence-corrected chi connectivity index (χ1v) is 12.2. The van der Waals surface area contributed by atoms with Crippen molar-refractivity contribution < 1.29 is 4.74 Å². The van der Waals surface area contributed by atoms with Crippen LogP contribution in [0.2, 0.25) is 5.02 Å². The van der Waals surface area contributed by atoms with Crippen LogP contribution >= 0.6 is 11.6 Å².